The van der Waals surface area contributed by atoms with E-state index in [0.29, 0.717) is 6.54 Å². The molecular formula is C10H15N3O2S. The Bertz CT molecular complexity index is 362. The number of thiophene rings is 1. The molecule has 0 bridgehead atoms. The molecule has 0 radical (unpaired) electrons. The van der Waals surface area contributed by atoms with Crippen LogP contribution in [0.4, 0.5) is 0 Å². The van der Waals surface area contributed by atoms with Crippen LogP contribution in [0, 0.1) is 5.92 Å². The monoisotopic (exact) mass is 241 g/mol. The van der Waals surface area contributed by atoms with E-state index in [1.807, 2.05) is 16.8 Å². The molecule has 0 aliphatic carbocycles. The number of rotatable bonds is 5. The molecule has 0 saturated heterocycles. The van der Waals surface area contributed by atoms with Crippen LogP contribution in [0.15, 0.2) is 22.0 Å². The molecule has 1 aromatic rings. The van der Waals surface area contributed by atoms with Crippen LogP contribution >= 0.6 is 11.3 Å². The minimum Gasteiger partial charge on any atom is -0.409 e. The molecular weight excluding hydrogens is 226 g/mol. The van der Waals surface area contributed by atoms with E-state index in [4.69, 9.17) is 10.9 Å². The van der Waals surface area contributed by atoms with E-state index in [1.54, 1.807) is 18.3 Å². The van der Waals surface area contributed by atoms with Gasteiger partial charge in [-0.3, -0.25) is 4.79 Å². The van der Waals surface area contributed by atoms with E-state index < -0.39 is 5.92 Å². The lowest BCUT2D eigenvalue weighted by molar-refractivity contribution is -0.122. The zero-order valence-corrected chi connectivity index (χ0v) is 9.83. The molecule has 1 unspecified atom stereocenters. The molecule has 1 atom stereocenters. The van der Waals surface area contributed by atoms with Gasteiger partial charge >= 0.3 is 0 Å². The Morgan fingerprint density at radius 1 is 1.75 bits per heavy atom. The first-order valence-electron chi connectivity index (χ1n) is 4.91. The Hall–Kier alpha value is -1.56. The largest absolute Gasteiger partial charge is 0.409 e. The Labute approximate surface area is 98.0 Å². The van der Waals surface area contributed by atoms with Crippen molar-refractivity contribution in [2.75, 3.05) is 6.54 Å². The highest BCUT2D eigenvalue weighted by Gasteiger charge is 2.16. The van der Waals surface area contributed by atoms with Crippen LogP contribution in [0.2, 0.25) is 0 Å². The highest BCUT2D eigenvalue weighted by molar-refractivity contribution is 7.07. The topological polar surface area (TPSA) is 87.7 Å². The zero-order chi connectivity index (χ0) is 12.0. The third-order valence-corrected chi connectivity index (χ3v) is 2.98. The van der Waals surface area contributed by atoms with Crippen LogP contribution in [0.1, 0.15) is 12.5 Å². The number of nitrogens with two attached hydrogens (primary N) is 1. The number of carbonyl (C=O) groups excluding carboxylic acids is 1. The van der Waals surface area contributed by atoms with Gasteiger partial charge in [0.05, 0.1) is 5.92 Å². The fraction of sp³-hybridized carbons (Fsp3) is 0.400. The van der Waals surface area contributed by atoms with Gasteiger partial charge in [0.15, 0.2) is 5.84 Å². The van der Waals surface area contributed by atoms with Crippen LogP contribution in [-0.2, 0) is 11.2 Å². The lowest BCUT2D eigenvalue weighted by atomic mass is 10.1. The van der Waals surface area contributed by atoms with Crippen molar-refractivity contribution >= 4 is 23.1 Å². The Morgan fingerprint density at radius 2 is 2.50 bits per heavy atom. The maximum atomic E-state index is 11.5. The van der Waals surface area contributed by atoms with Gasteiger partial charge in [-0.2, -0.15) is 11.3 Å². The second kappa shape index (κ2) is 6.12. The Kier molecular flexibility index (Phi) is 4.78. The van der Waals surface area contributed by atoms with E-state index >= 15 is 0 Å². The molecule has 0 spiro atoms. The fourth-order valence-corrected chi connectivity index (χ4v) is 1.84. The normalized spacial score (nSPS) is 13.4. The van der Waals surface area contributed by atoms with Gasteiger partial charge in [0, 0.05) is 6.54 Å². The summed E-state index contributed by atoms with van der Waals surface area (Å²) in [6.45, 7) is 2.15. The van der Waals surface area contributed by atoms with E-state index in [-0.39, 0.29) is 11.7 Å². The van der Waals surface area contributed by atoms with Gasteiger partial charge < -0.3 is 16.3 Å². The highest BCUT2D eigenvalue weighted by Crippen LogP contribution is 2.05. The van der Waals surface area contributed by atoms with Crippen molar-refractivity contribution in [2.45, 2.75) is 13.3 Å². The number of nitrogens with one attached hydrogen (secondary N) is 1. The van der Waals surface area contributed by atoms with E-state index in [1.165, 1.54) is 5.56 Å². The number of hydrogen-bond acceptors (Lipinski definition) is 4. The third-order valence-electron chi connectivity index (χ3n) is 2.25. The average Bonchev–Trinajstić information content (AvgIpc) is 2.79. The van der Waals surface area contributed by atoms with Gasteiger partial charge in [-0.05, 0) is 35.7 Å². The summed E-state index contributed by atoms with van der Waals surface area (Å²) < 4.78 is 0. The summed E-state index contributed by atoms with van der Waals surface area (Å²) in [5, 5.41) is 18.0. The van der Waals surface area contributed by atoms with Crippen LogP contribution in [0.5, 0.6) is 0 Å². The quantitative estimate of drug-likeness (QED) is 0.308. The number of nitrogens with zero attached hydrogens (tertiary/aromatic N) is 1. The lowest BCUT2D eigenvalue weighted by Crippen LogP contribution is -2.37. The van der Waals surface area contributed by atoms with Crippen LogP contribution in [0.3, 0.4) is 0 Å². The predicted molar refractivity (Wildman–Crippen MR) is 63.6 cm³/mol. The third kappa shape index (κ3) is 3.54. The Morgan fingerprint density at radius 3 is 3.06 bits per heavy atom. The van der Waals surface area contributed by atoms with E-state index in [9.17, 15) is 4.79 Å². The first kappa shape index (κ1) is 12.5. The van der Waals surface area contributed by atoms with Crippen molar-refractivity contribution in [2.24, 2.45) is 16.8 Å². The molecule has 16 heavy (non-hydrogen) atoms. The highest BCUT2D eigenvalue weighted by atomic mass is 32.1. The average molecular weight is 241 g/mol. The molecule has 4 N–H and O–H groups in total. The minimum atomic E-state index is -0.604. The first-order valence-corrected chi connectivity index (χ1v) is 5.85. The summed E-state index contributed by atoms with van der Waals surface area (Å²) in [5.41, 5.74) is 6.52. The molecule has 88 valence electrons. The number of amides is 1. The molecule has 1 heterocycles. The molecule has 1 amide bonds. The van der Waals surface area contributed by atoms with Crippen molar-refractivity contribution in [3.05, 3.63) is 22.4 Å². The molecule has 5 nitrogen and oxygen atoms in total. The molecule has 0 fully saturated rings. The van der Waals surface area contributed by atoms with Gasteiger partial charge in [0.1, 0.15) is 0 Å². The van der Waals surface area contributed by atoms with Crippen molar-refractivity contribution in [1.29, 1.82) is 0 Å². The van der Waals surface area contributed by atoms with Gasteiger partial charge in [0.25, 0.3) is 0 Å². The maximum Gasteiger partial charge on any atom is 0.230 e. The summed E-state index contributed by atoms with van der Waals surface area (Å²) in [4.78, 5) is 11.5. The van der Waals surface area contributed by atoms with Gasteiger partial charge in [-0.25, -0.2) is 0 Å². The molecule has 6 heteroatoms. The predicted octanol–water partition coefficient (Wildman–Crippen LogP) is 0.789. The van der Waals surface area contributed by atoms with Crippen LogP contribution in [0.25, 0.3) is 0 Å². The number of carbonyl (C=O) groups is 1. The minimum absolute atomic E-state index is 0.0759. The van der Waals surface area contributed by atoms with Gasteiger partial charge in [-0.1, -0.05) is 5.16 Å². The number of oxime groups is 1. The van der Waals surface area contributed by atoms with Crippen molar-refractivity contribution < 1.29 is 10.0 Å². The summed E-state index contributed by atoms with van der Waals surface area (Å²) in [6.07, 6.45) is 0.790. The number of amidine groups is 1. The second-order valence-electron chi connectivity index (χ2n) is 3.42. The Balaban J connectivity index is 2.30. The smallest absolute Gasteiger partial charge is 0.230 e. The summed E-state index contributed by atoms with van der Waals surface area (Å²) >= 11 is 1.63. The molecule has 1 aromatic heterocycles. The molecule has 1 rings (SSSR count). The van der Waals surface area contributed by atoms with Gasteiger partial charge in [-0.15, -0.1) is 0 Å². The first-order chi connectivity index (χ1) is 7.65. The summed E-state index contributed by atoms with van der Waals surface area (Å²) in [5.74, 6) is -0.911. The molecule has 0 saturated carbocycles. The standard InChI is InChI=1S/C10H15N3O2S/c1-7(9(11)13-15)10(14)12-4-2-8-3-5-16-6-8/h3,5-7,15H,2,4H2,1H3,(H2,11,13)(H,12,14). The lowest BCUT2D eigenvalue weighted by Gasteiger charge is -2.09. The SMILES string of the molecule is CC(C(=O)NCCc1ccsc1)C(N)=NO. The van der Waals surface area contributed by atoms with Gasteiger partial charge in [0.2, 0.25) is 5.91 Å². The molecule has 0 aliphatic rings. The van der Waals surface area contributed by atoms with E-state index in [2.05, 4.69) is 10.5 Å². The summed E-state index contributed by atoms with van der Waals surface area (Å²) in [6, 6.07) is 2.02. The van der Waals surface area contributed by atoms with E-state index in [0.717, 1.165) is 6.42 Å². The molecule has 0 aliphatic heterocycles. The van der Waals surface area contributed by atoms with Crippen molar-refractivity contribution in [3.8, 4) is 0 Å². The maximum absolute atomic E-state index is 11.5. The second-order valence-corrected chi connectivity index (χ2v) is 4.20. The number of hydrogen-bond donors (Lipinski definition) is 3. The van der Waals surface area contributed by atoms with Crippen molar-refractivity contribution in [1.82, 2.24) is 5.32 Å². The van der Waals surface area contributed by atoms with Crippen LogP contribution < -0.4 is 11.1 Å². The zero-order valence-electron chi connectivity index (χ0n) is 9.01. The molecule has 0 aromatic carbocycles. The van der Waals surface area contributed by atoms with Crippen LogP contribution in [-0.4, -0.2) is 23.5 Å². The summed E-state index contributed by atoms with van der Waals surface area (Å²) in [7, 11) is 0. The van der Waals surface area contributed by atoms with Crippen molar-refractivity contribution in [3.63, 3.8) is 0 Å². The fourth-order valence-electron chi connectivity index (χ4n) is 1.14.